The van der Waals surface area contributed by atoms with Gasteiger partial charge in [0.15, 0.2) is 0 Å². The highest BCUT2D eigenvalue weighted by molar-refractivity contribution is 6.30. The number of hydrogen-bond acceptors (Lipinski definition) is 2. The molecule has 0 atom stereocenters. The summed E-state index contributed by atoms with van der Waals surface area (Å²) in [5, 5.41) is 0.762. The first-order valence-corrected chi connectivity index (χ1v) is 10.6. The third-order valence-corrected chi connectivity index (χ3v) is 5.90. The lowest BCUT2D eigenvalue weighted by Gasteiger charge is -2.34. The molecule has 0 N–H and O–H groups in total. The van der Waals surface area contributed by atoms with Crippen molar-refractivity contribution in [3.63, 3.8) is 0 Å². The van der Waals surface area contributed by atoms with Crippen LogP contribution in [0.4, 0.5) is 11.4 Å². The zero-order chi connectivity index (χ0) is 20.3. The van der Waals surface area contributed by atoms with Crippen LogP contribution in [0, 0.1) is 0 Å². The molecule has 5 rings (SSSR count). The zero-order valence-corrected chi connectivity index (χ0v) is 17.4. The Morgan fingerprint density at radius 2 is 0.967 bits per heavy atom. The number of anilines is 2. The quantitative estimate of drug-likeness (QED) is 0.347. The Morgan fingerprint density at radius 1 is 0.533 bits per heavy atom. The first-order chi connectivity index (χ1) is 14.8. The lowest BCUT2D eigenvalue weighted by atomic mass is 10.1. The average molecular weight is 411 g/mol. The predicted octanol–water partition coefficient (Wildman–Crippen LogP) is 7.07. The van der Waals surface area contributed by atoms with Gasteiger partial charge in [0.1, 0.15) is 6.17 Å². The summed E-state index contributed by atoms with van der Waals surface area (Å²) in [5.41, 5.74) is 6.36. The molecule has 1 heterocycles. The van der Waals surface area contributed by atoms with E-state index in [1.54, 1.807) is 0 Å². The maximum absolute atomic E-state index is 6.21. The second-order valence-electron chi connectivity index (χ2n) is 7.64. The molecule has 0 fully saturated rings. The van der Waals surface area contributed by atoms with E-state index in [0.717, 1.165) is 18.1 Å². The summed E-state index contributed by atoms with van der Waals surface area (Å²) in [5.74, 6) is 0. The summed E-state index contributed by atoms with van der Waals surface area (Å²) in [4.78, 5) is 4.99. The first-order valence-electron chi connectivity index (χ1n) is 10.3. The van der Waals surface area contributed by atoms with E-state index in [1.165, 1.54) is 28.1 Å². The van der Waals surface area contributed by atoms with Crippen LogP contribution in [0.5, 0.6) is 0 Å². The molecular formula is C27H23ClN2. The highest BCUT2D eigenvalue weighted by atomic mass is 35.5. The lowest BCUT2D eigenvalue weighted by Crippen LogP contribution is -2.35. The molecule has 3 heteroatoms. The van der Waals surface area contributed by atoms with E-state index in [0.29, 0.717) is 0 Å². The number of rotatable bonds is 5. The number of halogens is 1. The van der Waals surface area contributed by atoms with Crippen molar-refractivity contribution in [2.45, 2.75) is 19.3 Å². The molecule has 0 aromatic heterocycles. The lowest BCUT2D eigenvalue weighted by molar-refractivity contribution is 0.603. The number of para-hydroxylation sites is 2. The van der Waals surface area contributed by atoms with Gasteiger partial charge >= 0.3 is 0 Å². The summed E-state index contributed by atoms with van der Waals surface area (Å²) >= 11 is 6.21. The van der Waals surface area contributed by atoms with Gasteiger partial charge in [-0.25, -0.2) is 0 Å². The van der Waals surface area contributed by atoms with E-state index in [4.69, 9.17) is 11.6 Å². The minimum absolute atomic E-state index is 0.0973. The molecule has 0 saturated carbocycles. The molecule has 148 valence electrons. The summed E-state index contributed by atoms with van der Waals surface area (Å²) in [6.07, 6.45) is 0.0973. The van der Waals surface area contributed by atoms with Crippen LogP contribution in [0.3, 0.4) is 0 Å². The van der Waals surface area contributed by atoms with E-state index >= 15 is 0 Å². The standard InChI is InChI=1S/C27H23ClN2/c28-24-17-15-23(16-18-24)27-29(19-21-9-3-1-4-10-21)25-13-7-8-14-26(25)30(27)20-22-11-5-2-6-12-22/h1-18,27H,19-20H2. The molecule has 0 saturated heterocycles. The van der Waals surface area contributed by atoms with Crippen molar-refractivity contribution >= 4 is 23.0 Å². The molecule has 1 aliphatic heterocycles. The van der Waals surface area contributed by atoms with Crippen molar-refractivity contribution in [2.75, 3.05) is 9.80 Å². The molecule has 0 radical (unpaired) electrons. The van der Waals surface area contributed by atoms with Gasteiger partial charge in [-0.1, -0.05) is 96.5 Å². The molecule has 30 heavy (non-hydrogen) atoms. The highest BCUT2D eigenvalue weighted by Gasteiger charge is 2.36. The second-order valence-corrected chi connectivity index (χ2v) is 8.08. The Labute approximate surface area is 183 Å². The number of fused-ring (bicyclic) bond motifs is 1. The SMILES string of the molecule is Clc1ccc(C2N(Cc3ccccc3)c3ccccc3N2Cc2ccccc2)cc1. The van der Waals surface area contributed by atoms with Gasteiger partial charge in [-0.15, -0.1) is 0 Å². The molecule has 1 aliphatic rings. The van der Waals surface area contributed by atoms with Gasteiger partial charge in [-0.2, -0.15) is 0 Å². The van der Waals surface area contributed by atoms with Crippen LogP contribution in [-0.2, 0) is 13.1 Å². The van der Waals surface area contributed by atoms with Gasteiger partial charge in [0.25, 0.3) is 0 Å². The van der Waals surface area contributed by atoms with Crippen LogP contribution >= 0.6 is 11.6 Å². The Kier molecular flexibility index (Phi) is 5.17. The third kappa shape index (κ3) is 3.67. The van der Waals surface area contributed by atoms with Crippen LogP contribution in [0.15, 0.2) is 109 Å². The van der Waals surface area contributed by atoms with Crippen molar-refractivity contribution in [1.82, 2.24) is 0 Å². The maximum Gasteiger partial charge on any atom is 0.129 e. The van der Waals surface area contributed by atoms with Gasteiger partial charge in [0.05, 0.1) is 11.4 Å². The van der Waals surface area contributed by atoms with Crippen molar-refractivity contribution < 1.29 is 0 Å². The molecule has 4 aromatic carbocycles. The maximum atomic E-state index is 6.21. The van der Waals surface area contributed by atoms with Gasteiger partial charge in [-0.05, 0) is 41.0 Å². The summed E-state index contributed by atoms with van der Waals surface area (Å²) in [6.45, 7) is 1.69. The topological polar surface area (TPSA) is 6.48 Å². The fraction of sp³-hybridized carbons (Fsp3) is 0.111. The minimum atomic E-state index is 0.0973. The van der Waals surface area contributed by atoms with Crippen LogP contribution in [0.2, 0.25) is 5.02 Å². The van der Waals surface area contributed by atoms with Crippen LogP contribution in [0.25, 0.3) is 0 Å². The molecule has 0 amide bonds. The van der Waals surface area contributed by atoms with E-state index in [1.807, 2.05) is 12.1 Å². The van der Waals surface area contributed by atoms with Crippen LogP contribution in [-0.4, -0.2) is 0 Å². The monoisotopic (exact) mass is 410 g/mol. The van der Waals surface area contributed by atoms with E-state index in [9.17, 15) is 0 Å². The molecule has 4 aromatic rings. The van der Waals surface area contributed by atoms with Gasteiger partial charge in [-0.3, -0.25) is 0 Å². The van der Waals surface area contributed by atoms with Crippen LogP contribution in [0.1, 0.15) is 22.9 Å². The Hall–Kier alpha value is -3.23. The number of benzene rings is 4. The highest BCUT2D eigenvalue weighted by Crippen LogP contribution is 2.47. The van der Waals surface area contributed by atoms with Crippen molar-refractivity contribution in [1.29, 1.82) is 0 Å². The predicted molar refractivity (Wildman–Crippen MR) is 126 cm³/mol. The fourth-order valence-corrected chi connectivity index (χ4v) is 4.41. The minimum Gasteiger partial charge on any atom is -0.341 e. The zero-order valence-electron chi connectivity index (χ0n) is 16.7. The van der Waals surface area contributed by atoms with Crippen molar-refractivity contribution in [3.8, 4) is 0 Å². The fourth-order valence-electron chi connectivity index (χ4n) is 4.28. The van der Waals surface area contributed by atoms with E-state index < -0.39 is 0 Å². The second kappa shape index (κ2) is 8.25. The molecule has 2 nitrogen and oxygen atoms in total. The summed E-state index contributed by atoms with van der Waals surface area (Å²) < 4.78 is 0. The summed E-state index contributed by atoms with van der Waals surface area (Å²) in [7, 11) is 0. The summed E-state index contributed by atoms with van der Waals surface area (Å²) in [6, 6.07) is 38.3. The van der Waals surface area contributed by atoms with Crippen molar-refractivity contribution in [2.24, 2.45) is 0 Å². The van der Waals surface area contributed by atoms with E-state index in [2.05, 4.69) is 107 Å². The largest absolute Gasteiger partial charge is 0.341 e. The Balaban J connectivity index is 1.61. The van der Waals surface area contributed by atoms with Gasteiger partial charge < -0.3 is 9.80 Å². The average Bonchev–Trinajstić information content (AvgIpc) is 3.09. The van der Waals surface area contributed by atoms with E-state index in [-0.39, 0.29) is 6.17 Å². The molecular weight excluding hydrogens is 388 g/mol. The third-order valence-electron chi connectivity index (χ3n) is 5.65. The molecule has 0 bridgehead atoms. The van der Waals surface area contributed by atoms with Crippen molar-refractivity contribution in [3.05, 3.63) is 131 Å². The molecule has 0 spiro atoms. The smallest absolute Gasteiger partial charge is 0.129 e. The Morgan fingerprint density at radius 3 is 1.43 bits per heavy atom. The molecule has 0 aliphatic carbocycles. The van der Waals surface area contributed by atoms with Gasteiger partial charge in [0.2, 0.25) is 0 Å². The normalized spacial score (nSPS) is 13.5. The van der Waals surface area contributed by atoms with Crippen LogP contribution < -0.4 is 9.80 Å². The van der Waals surface area contributed by atoms with Gasteiger partial charge in [0, 0.05) is 18.1 Å². The number of nitrogens with zero attached hydrogens (tertiary/aromatic N) is 2. The Bertz CT molecular complexity index is 1040. The first kappa shape index (κ1) is 18.8. The molecule has 0 unspecified atom stereocenters. The number of hydrogen-bond donors (Lipinski definition) is 0.